The molecule has 6 heteroatoms. The van der Waals surface area contributed by atoms with Crippen LogP contribution in [0.5, 0.6) is 5.75 Å². The minimum Gasteiger partial charge on any atom is -0.497 e. The van der Waals surface area contributed by atoms with E-state index in [1.807, 2.05) is 47.6 Å². The molecule has 5 rings (SSSR count). The summed E-state index contributed by atoms with van der Waals surface area (Å²) in [6.07, 6.45) is 7.39. The Morgan fingerprint density at radius 1 is 1.17 bits per heavy atom. The number of hydrogen-bond acceptors (Lipinski definition) is 3. The molecule has 4 aromatic rings. The van der Waals surface area contributed by atoms with Crippen LogP contribution in [0.25, 0.3) is 22.0 Å². The summed E-state index contributed by atoms with van der Waals surface area (Å²) in [4.78, 5) is 18.9. The highest BCUT2D eigenvalue weighted by atomic mass is 16.5. The molecular weight excluding hydrogens is 376 g/mol. The molecule has 2 aromatic carbocycles. The smallest absolute Gasteiger partial charge is 0.256 e. The summed E-state index contributed by atoms with van der Waals surface area (Å²) < 4.78 is 5.41. The van der Waals surface area contributed by atoms with Gasteiger partial charge in [0.2, 0.25) is 0 Å². The largest absolute Gasteiger partial charge is 0.497 e. The summed E-state index contributed by atoms with van der Waals surface area (Å²) in [6, 6.07) is 14.2. The van der Waals surface area contributed by atoms with E-state index in [-0.39, 0.29) is 11.4 Å². The number of H-pyrrole nitrogens is 2. The van der Waals surface area contributed by atoms with Crippen LogP contribution in [0, 0.1) is 0 Å². The normalized spacial score (nSPS) is 18.8. The van der Waals surface area contributed by atoms with Gasteiger partial charge in [-0.3, -0.25) is 9.89 Å². The summed E-state index contributed by atoms with van der Waals surface area (Å²) >= 11 is 0. The maximum Gasteiger partial charge on any atom is 0.256 e. The van der Waals surface area contributed by atoms with Crippen LogP contribution in [0.3, 0.4) is 0 Å². The third-order valence-corrected chi connectivity index (χ3v) is 6.32. The molecule has 3 heterocycles. The maximum atomic E-state index is 13.6. The molecule has 0 radical (unpaired) electrons. The van der Waals surface area contributed by atoms with Crippen molar-refractivity contribution in [1.29, 1.82) is 0 Å². The van der Waals surface area contributed by atoms with Crippen LogP contribution in [-0.2, 0) is 5.54 Å². The van der Waals surface area contributed by atoms with E-state index in [2.05, 4.69) is 34.2 Å². The van der Waals surface area contributed by atoms with Crippen molar-refractivity contribution in [3.05, 3.63) is 72.2 Å². The van der Waals surface area contributed by atoms with E-state index in [0.29, 0.717) is 5.56 Å². The molecule has 2 N–H and O–H groups in total. The molecule has 152 valence electrons. The molecule has 1 amide bonds. The Balaban J connectivity index is 1.51. The summed E-state index contributed by atoms with van der Waals surface area (Å²) in [5.41, 5.74) is 4.48. The molecule has 0 aliphatic carbocycles. The molecule has 1 fully saturated rings. The van der Waals surface area contributed by atoms with Crippen molar-refractivity contribution in [1.82, 2.24) is 20.1 Å². The third-order valence-electron chi connectivity index (χ3n) is 6.32. The van der Waals surface area contributed by atoms with Gasteiger partial charge in [0.05, 0.1) is 24.4 Å². The number of nitrogens with zero attached hydrogens (tertiary/aromatic N) is 2. The first-order valence-corrected chi connectivity index (χ1v) is 10.2. The number of nitrogens with one attached hydrogen (secondary N) is 2. The van der Waals surface area contributed by atoms with Crippen molar-refractivity contribution in [2.24, 2.45) is 0 Å². The fourth-order valence-electron chi connectivity index (χ4n) is 4.58. The SMILES string of the molecule is COc1cccc([C@@]2(C)CCCN2C(=O)c2c[nH]c3cc(-c4cn[nH]c4)ccc23)c1. The van der Waals surface area contributed by atoms with Crippen molar-refractivity contribution in [2.45, 2.75) is 25.3 Å². The van der Waals surface area contributed by atoms with Crippen LogP contribution in [0.4, 0.5) is 0 Å². The Morgan fingerprint density at radius 3 is 2.87 bits per heavy atom. The Bertz CT molecular complexity index is 1210. The first-order chi connectivity index (χ1) is 14.6. The standard InChI is InChI=1S/C24H24N4O2/c1-24(18-5-3-6-19(12-18)30-2)9-4-10-28(24)23(29)21-15-25-22-11-16(7-8-20(21)22)17-13-26-27-14-17/h3,5-8,11-15,25H,4,9-10H2,1-2H3,(H,26,27)/t24-/m1/s1. The molecule has 0 saturated carbocycles. The van der Waals surface area contributed by atoms with Gasteiger partial charge in [-0.1, -0.05) is 24.3 Å². The molecule has 2 aromatic heterocycles. The highest BCUT2D eigenvalue weighted by Crippen LogP contribution is 2.41. The molecule has 1 aliphatic heterocycles. The van der Waals surface area contributed by atoms with Gasteiger partial charge < -0.3 is 14.6 Å². The number of ether oxygens (including phenoxy) is 1. The zero-order chi connectivity index (χ0) is 20.7. The second kappa shape index (κ2) is 7.06. The van der Waals surface area contributed by atoms with Crippen molar-refractivity contribution in [3.8, 4) is 16.9 Å². The van der Waals surface area contributed by atoms with Gasteiger partial charge in [0.1, 0.15) is 5.75 Å². The van der Waals surface area contributed by atoms with Crippen molar-refractivity contribution < 1.29 is 9.53 Å². The molecule has 0 unspecified atom stereocenters. The van der Waals surface area contributed by atoms with E-state index < -0.39 is 0 Å². The number of rotatable bonds is 4. The Hall–Kier alpha value is -3.54. The fourth-order valence-corrected chi connectivity index (χ4v) is 4.58. The Labute approximate surface area is 174 Å². The molecule has 0 bridgehead atoms. The van der Waals surface area contributed by atoms with E-state index in [0.717, 1.165) is 52.7 Å². The number of likely N-dealkylation sites (tertiary alicyclic amines) is 1. The number of aromatic nitrogens is 3. The lowest BCUT2D eigenvalue weighted by Crippen LogP contribution is -2.42. The van der Waals surface area contributed by atoms with Crippen LogP contribution in [0.2, 0.25) is 0 Å². The quantitative estimate of drug-likeness (QED) is 0.521. The van der Waals surface area contributed by atoms with Gasteiger partial charge in [-0.2, -0.15) is 5.10 Å². The van der Waals surface area contributed by atoms with Gasteiger partial charge in [-0.25, -0.2) is 0 Å². The number of fused-ring (bicyclic) bond motifs is 1. The van der Waals surface area contributed by atoms with E-state index in [1.54, 1.807) is 13.3 Å². The molecule has 1 aliphatic rings. The van der Waals surface area contributed by atoms with Crippen molar-refractivity contribution in [3.63, 3.8) is 0 Å². The first-order valence-electron chi connectivity index (χ1n) is 10.2. The monoisotopic (exact) mass is 400 g/mol. The van der Waals surface area contributed by atoms with Gasteiger partial charge in [0.25, 0.3) is 5.91 Å². The summed E-state index contributed by atoms with van der Waals surface area (Å²) in [5, 5.41) is 7.79. The van der Waals surface area contributed by atoms with Gasteiger partial charge in [0.15, 0.2) is 0 Å². The number of hydrogen-bond donors (Lipinski definition) is 2. The summed E-state index contributed by atoms with van der Waals surface area (Å²) in [5.74, 6) is 0.868. The van der Waals surface area contributed by atoms with Crippen LogP contribution in [-0.4, -0.2) is 39.6 Å². The minimum absolute atomic E-state index is 0.0557. The Morgan fingerprint density at radius 2 is 2.07 bits per heavy atom. The van der Waals surface area contributed by atoms with Gasteiger partial charge >= 0.3 is 0 Å². The molecule has 30 heavy (non-hydrogen) atoms. The van der Waals surface area contributed by atoms with Crippen LogP contribution in [0.1, 0.15) is 35.7 Å². The second-order valence-corrected chi connectivity index (χ2v) is 8.02. The number of methoxy groups -OCH3 is 1. The number of carbonyl (C=O) groups excluding carboxylic acids is 1. The number of aromatic amines is 2. The highest BCUT2D eigenvalue weighted by Gasteiger charge is 2.42. The van der Waals surface area contributed by atoms with E-state index in [1.165, 1.54) is 0 Å². The van der Waals surface area contributed by atoms with Gasteiger partial charge in [0, 0.05) is 35.4 Å². The average Bonchev–Trinajstić information content (AvgIpc) is 3.53. The predicted molar refractivity (Wildman–Crippen MR) is 116 cm³/mol. The topological polar surface area (TPSA) is 74.0 Å². The predicted octanol–water partition coefficient (Wildman–Crippen LogP) is 4.72. The minimum atomic E-state index is -0.355. The van der Waals surface area contributed by atoms with Crippen LogP contribution < -0.4 is 4.74 Å². The molecule has 0 spiro atoms. The third kappa shape index (κ3) is 2.87. The van der Waals surface area contributed by atoms with Gasteiger partial charge in [-0.05, 0) is 49.1 Å². The first kappa shape index (κ1) is 18.5. The second-order valence-electron chi connectivity index (χ2n) is 8.02. The lowest BCUT2D eigenvalue weighted by molar-refractivity contribution is 0.0621. The maximum absolute atomic E-state index is 13.6. The number of carbonyl (C=O) groups is 1. The van der Waals surface area contributed by atoms with E-state index >= 15 is 0 Å². The molecule has 6 nitrogen and oxygen atoms in total. The van der Waals surface area contributed by atoms with Crippen molar-refractivity contribution in [2.75, 3.05) is 13.7 Å². The lowest BCUT2D eigenvalue weighted by atomic mass is 9.88. The van der Waals surface area contributed by atoms with Crippen molar-refractivity contribution >= 4 is 16.8 Å². The van der Waals surface area contributed by atoms with E-state index in [9.17, 15) is 4.79 Å². The summed E-state index contributed by atoms with van der Waals surface area (Å²) in [6.45, 7) is 2.89. The van der Waals surface area contributed by atoms with E-state index in [4.69, 9.17) is 4.74 Å². The fraction of sp³-hybridized carbons (Fsp3) is 0.250. The molecule has 1 atom stereocenters. The summed E-state index contributed by atoms with van der Waals surface area (Å²) in [7, 11) is 1.67. The zero-order valence-electron chi connectivity index (χ0n) is 17.1. The zero-order valence-corrected chi connectivity index (χ0v) is 17.1. The molecule has 1 saturated heterocycles. The average molecular weight is 400 g/mol. The number of amides is 1. The van der Waals surface area contributed by atoms with Gasteiger partial charge in [-0.15, -0.1) is 0 Å². The molecular formula is C24H24N4O2. The Kier molecular flexibility index (Phi) is 4.35. The number of benzene rings is 2. The lowest BCUT2D eigenvalue weighted by Gasteiger charge is -2.36. The van der Waals surface area contributed by atoms with Crippen LogP contribution in [0.15, 0.2) is 61.1 Å². The van der Waals surface area contributed by atoms with Crippen LogP contribution >= 0.6 is 0 Å². The highest BCUT2D eigenvalue weighted by molar-refractivity contribution is 6.07.